The molecule has 0 N–H and O–H groups in total. The molecule has 1 aromatic carbocycles. The second-order valence-corrected chi connectivity index (χ2v) is 6.92. The summed E-state index contributed by atoms with van der Waals surface area (Å²) in [5.41, 5.74) is 1.33. The van der Waals surface area contributed by atoms with Gasteiger partial charge in [0.1, 0.15) is 6.10 Å². The Labute approximate surface area is 155 Å². The van der Waals surface area contributed by atoms with Gasteiger partial charge in [0.05, 0.1) is 11.6 Å². The van der Waals surface area contributed by atoms with E-state index in [-0.39, 0.29) is 23.9 Å². The lowest BCUT2D eigenvalue weighted by atomic mass is 9.92. The molecule has 2 aromatic heterocycles. The Bertz CT molecular complexity index is 937. The van der Waals surface area contributed by atoms with Gasteiger partial charge < -0.3 is 9.26 Å². The highest BCUT2D eigenvalue weighted by Crippen LogP contribution is 2.41. The quantitative estimate of drug-likeness (QED) is 0.676. The standard InChI is InChI=1S/C19H20F2N4O2/c1-11(2)25-16(7-8-22-25)17-13(4-3-9-26-17)19-23-18(24-27-19)12-5-6-14(20)15(21)10-12/h5-8,10-11,13,17H,3-4,9H2,1-2H3/t13-,17-/m1/s1. The highest BCUT2D eigenvalue weighted by Gasteiger charge is 2.35. The summed E-state index contributed by atoms with van der Waals surface area (Å²) in [5.74, 6) is -1.33. The van der Waals surface area contributed by atoms with Gasteiger partial charge in [0.25, 0.3) is 0 Å². The van der Waals surface area contributed by atoms with Crippen LogP contribution >= 0.6 is 0 Å². The molecule has 0 spiro atoms. The minimum atomic E-state index is -0.946. The minimum absolute atomic E-state index is 0.125. The third-order valence-corrected chi connectivity index (χ3v) is 4.74. The molecule has 4 rings (SSSR count). The number of hydrogen-bond donors (Lipinski definition) is 0. The maximum atomic E-state index is 13.5. The molecule has 0 bridgehead atoms. The van der Waals surface area contributed by atoms with Gasteiger partial charge in [-0.1, -0.05) is 5.16 Å². The molecule has 1 fully saturated rings. The zero-order chi connectivity index (χ0) is 19.0. The van der Waals surface area contributed by atoms with Crippen molar-refractivity contribution >= 4 is 0 Å². The van der Waals surface area contributed by atoms with Crippen molar-refractivity contribution in [3.8, 4) is 11.4 Å². The lowest BCUT2D eigenvalue weighted by Gasteiger charge is -2.30. The fourth-order valence-corrected chi connectivity index (χ4v) is 3.45. The van der Waals surface area contributed by atoms with Crippen molar-refractivity contribution in [2.75, 3.05) is 6.61 Å². The fourth-order valence-electron chi connectivity index (χ4n) is 3.45. The molecule has 2 atom stereocenters. The smallest absolute Gasteiger partial charge is 0.233 e. The molecule has 142 valence electrons. The lowest BCUT2D eigenvalue weighted by Crippen LogP contribution is -2.24. The van der Waals surface area contributed by atoms with Crippen LogP contribution in [0.3, 0.4) is 0 Å². The number of rotatable bonds is 4. The first-order valence-corrected chi connectivity index (χ1v) is 8.98. The van der Waals surface area contributed by atoms with Gasteiger partial charge in [0, 0.05) is 24.4 Å². The highest BCUT2D eigenvalue weighted by molar-refractivity contribution is 5.54. The first kappa shape index (κ1) is 17.8. The molecular weight excluding hydrogens is 354 g/mol. The van der Waals surface area contributed by atoms with Gasteiger partial charge in [-0.25, -0.2) is 8.78 Å². The minimum Gasteiger partial charge on any atom is -0.371 e. The van der Waals surface area contributed by atoms with Crippen LogP contribution in [0.1, 0.15) is 56.3 Å². The van der Waals surface area contributed by atoms with Crippen LogP contribution in [0.4, 0.5) is 8.78 Å². The van der Waals surface area contributed by atoms with Crippen LogP contribution < -0.4 is 0 Å². The second kappa shape index (κ2) is 7.19. The van der Waals surface area contributed by atoms with Crippen LogP contribution in [0.25, 0.3) is 11.4 Å². The van der Waals surface area contributed by atoms with Gasteiger partial charge >= 0.3 is 0 Å². The van der Waals surface area contributed by atoms with E-state index in [2.05, 4.69) is 29.1 Å². The zero-order valence-corrected chi connectivity index (χ0v) is 15.1. The van der Waals surface area contributed by atoms with E-state index in [0.717, 1.165) is 30.7 Å². The maximum Gasteiger partial charge on any atom is 0.233 e. The summed E-state index contributed by atoms with van der Waals surface area (Å²) in [5, 5.41) is 8.34. The molecule has 27 heavy (non-hydrogen) atoms. The molecule has 1 saturated heterocycles. The molecule has 6 nitrogen and oxygen atoms in total. The Morgan fingerprint density at radius 3 is 2.81 bits per heavy atom. The van der Waals surface area contributed by atoms with Crippen LogP contribution in [-0.4, -0.2) is 26.5 Å². The Morgan fingerprint density at radius 2 is 2.04 bits per heavy atom. The summed E-state index contributed by atoms with van der Waals surface area (Å²) in [6, 6.07) is 5.67. The third-order valence-electron chi connectivity index (χ3n) is 4.74. The van der Waals surface area contributed by atoms with E-state index in [9.17, 15) is 8.78 Å². The molecule has 3 aromatic rings. The molecule has 0 saturated carbocycles. The second-order valence-electron chi connectivity index (χ2n) is 6.92. The molecule has 0 aliphatic carbocycles. The molecule has 0 radical (unpaired) electrons. The summed E-state index contributed by atoms with van der Waals surface area (Å²) >= 11 is 0. The van der Waals surface area contributed by atoms with Crippen molar-refractivity contribution in [1.29, 1.82) is 0 Å². The van der Waals surface area contributed by atoms with Crippen molar-refractivity contribution < 1.29 is 18.0 Å². The van der Waals surface area contributed by atoms with Crippen LogP contribution in [0.5, 0.6) is 0 Å². The average molecular weight is 374 g/mol. The largest absolute Gasteiger partial charge is 0.371 e. The highest BCUT2D eigenvalue weighted by atomic mass is 19.2. The summed E-state index contributed by atoms with van der Waals surface area (Å²) in [6.45, 7) is 4.76. The van der Waals surface area contributed by atoms with E-state index in [0.29, 0.717) is 18.1 Å². The molecule has 1 aliphatic heterocycles. The Morgan fingerprint density at radius 1 is 1.19 bits per heavy atom. The molecule has 0 amide bonds. The van der Waals surface area contributed by atoms with Crippen LogP contribution in [0.15, 0.2) is 35.0 Å². The van der Waals surface area contributed by atoms with Crippen molar-refractivity contribution in [2.24, 2.45) is 0 Å². The molecule has 3 heterocycles. The summed E-state index contributed by atoms with van der Waals surface area (Å²) in [4.78, 5) is 4.43. The van der Waals surface area contributed by atoms with Gasteiger partial charge in [-0.3, -0.25) is 4.68 Å². The van der Waals surface area contributed by atoms with E-state index >= 15 is 0 Å². The molecule has 8 heteroatoms. The number of halogens is 2. The maximum absolute atomic E-state index is 13.5. The van der Waals surface area contributed by atoms with E-state index in [1.165, 1.54) is 6.07 Å². The van der Waals surface area contributed by atoms with Crippen molar-refractivity contribution in [3.05, 3.63) is 53.7 Å². The van der Waals surface area contributed by atoms with Crippen LogP contribution in [0, 0.1) is 11.6 Å². The van der Waals surface area contributed by atoms with Crippen LogP contribution in [0.2, 0.25) is 0 Å². The summed E-state index contributed by atoms with van der Waals surface area (Å²) in [6.07, 6.45) is 3.21. The zero-order valence-electron chi connectivity index (χ0n) is 15.1. The van der Waals surface area contributed by atoms with E-state index in [1.807, 2.05) is 10.7 Å². The fraction of sp³-hybridized carbons (Fsp3) is 0.421. The van der Waals surface area contributed by atoms with Crippen molar-refractivity contribution in [2.45, 2.75) is 44.8 Å². The number of benzene rings is 1. The Kier molecular flexibility index (Phi) is 4.73. The third kappa shape index (κ3) is 3.37. The number of nitrogens with zero attached hydrogens (tertiary/aromatic N) is 4. The molecular formula is C19H20F2N4O2. The first-order chi connectivity index (χ1) is 13.0. The number of ether oxygens (including phenoxy) is 1. The van der Waals surface area contributed by atoms with E-state index in [1.54, 1.807) is 6.20 Å². The summed E-state index contributed by atoms with van der Waals surface area (Å²) < 4.78 is 40.1. The first-order valence-electron chi connectivity index (χ1n) is 8.98. The SMILES string of the molecule is CC(C)n1nccc1[C@@H]1OCCC[C@H]1c1nc(-c2ccc(F)c(F)c2)no1. The predicted molar refractivity (Wildman–Crippen MR) is 92.9 cm³/mol. The number of hydrogen-bond acceptors (Lipinski definition) is 5. The van der Waals surface area contributed by atoms with Gasteiger partial charge in [-0.05, 0) is 51.0 Å². The lowest BCUT2D eigenvalue weighted by molar-refractivity contribution is -0.0159. The van der Waals surface area contributed by atoms with Gasteiger partial charge in [0.2, 0.25) is 11.7 Å². The van der Waals surface area contributed by atoms with Gasteiger partial charge in [-0.2, -0.15) is 10.1 Å². The molecule has 1 aliphatic rings. The average Bonchev–Trinajstić information content (AvgIpc) is 3.33. The monoisotopic (exact) mass is 374 g/mol. The molecule has 0 unspecified atom stereocenters. The van der Waals surface area contributed by atoms with Gasteiger partial charge in [-0.15, -0.1) is 0 Å². The normalized spacial score (nSPS) is 20.3. The summed E-state index contributed by atoms with van der Waals surface area (Å²) in [7, 11) is 0. The Balaban J connectivity index is 1.66. The van der Waals surface area contributed by atoms with Crippen molar-refractivity contribution in [3.63, 3.8) is 0 Å². The number of aromatic nitrogens is 4. The van der Waals surface area contributed by atoms with E-state index in [4.69, 9.17) is 9.26 Å². The van der Waals surface area contributed by atoms with E-state index < -0.39 is 11.6 Å². The predicted octanol–water partition coefficient (Wildman–Crippen LogP) is 4.43. The topological polar surface area (TPSA) is 66.0 Å². The van der Waals surface area contributed by atoms with Gasteiger partial charge in [0.15, 0.2) is 11.6 Å². The van der Waals surface area contributed by atoms with Crippen molar-refractivity contribution in [1.82, 2.24) is 19.9 Å². The Hall–Kier alpha value is -2.61. The van der Waals surface area contributed by atoms with Crippen LogP contribution in [-0.2, 0) is 4.74 Å².